The third-order valence-corrected chi connectivity index (χ3v) is 4.57. The molecule has 0 saturated carbocycles. The van der Waals surface area contributed by atoms with E-state index in [-0.39, 0.29) is 6.61 Å². The summed E-state index contributed by atoms with van der Waals surface area (Å²) >= 11 is 0. The number of aliphatic hydroxyl groups is 1. The van der Waals surface area contributed by atoms with Crippen LogP contribution in [0, 0.1) is 23.7 Å². The Balaban J connectivity index is 2.14. The predicted molar refractivity (Wildman–Crippen MR) is 87.8 cm³/mol. The van der Waals surface area contributed by atoms with Gasteiger partial charge in [-0.1, -0.05) is 43.9 Å². The first-order valence-electron chi connectivity index (χ1n) is 8.03. The lowest BCUT2D eigenvalue weighted by Gasteiger charge is -2.41. The van der Waals surface area contributed by atoms with Gasteiger partial charge in [-0.3, -0.25) is 4.90 Å². The number of piperidine rings is 1. The Morgan fingerprint density at radius 2 is 2.00 bits per heavy atom. The van der Waals surface area contributed by atoms with Crippen LogP contribution in [0.3, 0.4) is 0 Å². The van der Waals surface area contributed by atoms with E-state index in [0.29, 0.717) is 12.5 Å². The van der Waals surface area contributed by atoms with Crippen molar-refractivity contribution in [2.75, 3.05) is 13.2 Å². The smallest absolute Gasteiger partial charge is 0.0540 e. The first-order valence-corrected chi connectivity index (χ1v) is 8.03. The second-order valence-electron chi connectivity index (χ2n) is 6.42. The molecule has 0 radical (unpaired) electrons. The van der Waals surface area contributed by atoms with Crippen LogP contribution >= 0.6 is 0 Å². The molecular formula is C19H27NO. The molecule has 3 atom stereocenters. The van der Waals surface area contributed by atoms with Gasteiger partial charge in [0, 0.05) is 31.1 Å². The van der Waals surface area contributed by atoms with E-state index in [1.54, 1.807) is 0 Å². The Morgan fingerprint density at radius 3 is 2.76 bits per heavy atom. The number of nitrogens with zero attached hydrogens (tertiary/aromatic N) is 1. The van der Waals surface area contributed by atoms with Crippen molar-refractivity contribution < 1.29 is 5.11 Å². The minimum absolute atomic E-state index is 0.132. The molecule has 0 aromatic heterocycles. The molecule has 1 fully saturated rings. The van der Waals surface area contributed by atoms with Crippen molar-refractivity contribution in [2.24, 2.45) is 11.8 Å². The minimum atomic E-state index is 0.132. The summed E-state index contributed by atoms with van der Waals surface area (Å²) in [7, 11) is 0. The topological polar surface area (TPSA) is 23.5 Å². The molecule has 2 heteroatoms. The minimum Gasteiger partial charge on any atom is -0.395 e. The number of aliphatic hydroxyl groups excluding tert-OH is 1. The standard InChI is InChI=1S/C19H27NO/c1-15-12-16(2)17(3)20(13-15)14-19-10-5-4-8-18(19)9-6-7-11-21/h4-5,8,10,15-17,21H,7,11-14H2,1-3H3. The lowest BCUT2D eigenvalue weighted by atomic mass is 9.85. The molecule has 1 heterocycles. The molecular weight excluding hydrogens is 258 g/mol. The van der Waals surface area contributed by atoms with E-state index < -0.39 is 0 Å². The van der Waals surface area contributed by atoms with E-state index in [4.69, 9.17) is 5.11 Å². The van der Waals surface area contributed by atoms with Crippen molar-refractivity contribution in [2.45, 2.75) is 46.2 Å². The van der Waals surface area contributed by atoms with Gasteiger partial charge in [0.05, 0.1) is 6.61 Å². The molecule has 21 heavy (non-hydrogen) atoms. The summed E-state index contributed by atoms with van der Waals surface area (Å²) < 4.78 is 0. The van der Waals surface area contributed by atoms with Gasteiger partial charge in [0.1, 0.15) is 0 Å². The summed E-state index contributed by atoms with van der Waals surface area (Å²) in [6.07, 6.45) is 1.87. The molecule has 2 nitrogen and oxygen atoms in total. The van der Waals surface area contributed by atoms with Crippen LogP contribution in [0.5, 0.6) is 0 Å². The normalized spacial score (nSPS) is 26.2. The number of hydrogen-bond acceptors (Lipinski definition) is 2. The maximum atomic E-state index is 8.86. The van der Waals surface area contributed by atoms with Crippen LogP contribution in [0.4, 0.5) is 0 Å². The van der Waals surface area contributed by atoms with Crippen molar-refractivity contribution in [1.29, 1.82) is 0 Å². The van der Waals surface area contributed by atoms with Crippen molar-refractivity contribution in [3.05, 3.63) is 35.4 Å². The van der Waals surface area contributed by atoms with E-state index in [1.807, 2.05) is 6.07 Å². The highest BCUT2D eigenvalue weighted by atomic mass is 16.2. The van der Waals surface area contributed by atoms with E-state index >= 15 is 0 Å². The molecule has 1 aliphatic rings. The Kier molecular flexibility index (Phi) is 5.85. The Labute approximate surface area is 129 Å². The number of benzene rings is 1. The zero-order valence-electron chi connectivity index (χ0n) is 13.5. The quantitative estimate of drug-likeness (QED) is 0.862. The van der Waals surface area contributed by atoms with Gasteiger partial charge in [-0.15, -0.1) is 0 Å². The molecule has 3 unspecified atom stereocenters. The van der Waals surface area contributed by atoms with Gasteiger partial charge in [0.2, 0.25) is 0 Å². The predicted octanol–water partition coefficient (Wildman–Crippen LogP) is 3.29. The molecule has 1 aromatic carbocycles. The summed E-state index contributed by atoms with van der Waals surface area (Å²) in [6.45, 7) is 9.33. The zero-order valence-corrected chi connectivity index (χ0v) is 13.5. The average Bonchev–Trinajstić information content (AvgIpc) is 2.46. The van der Waals surface area contributed by atoms with Crippen molar-refractivity contribution in [1.82, 2.24) is 4.90 Å². The van der Waals surface area contributed by atoms with Gasteiger partial charge in [0.15, 0.2) is 0 Å². The van der Waals surface area contributed by atoms with Crippen molar-refractivity contribution in [3.63, 3.8) is 0 Å². The average molecular weight is 285 g/mol. The second-order valence-corrected chi connectivity index (χ2v) is 6.42. The number of rotatable bonds is 3. The monoisotopic (exact) mass is 285 g/mol. The number of hydrogen-bond donors (Lipinski definition) is 1. The summed E-state index contributed by atoms with van der Waals surface area (Å²) in [6, 6.07) is 9.02. The van der Waals surface area contributed by atoms with Crippen LogP contribution in [0.25, 0.3) is 0 Å². The Morgan fingerprint density at radius 1 is 1.24 bits per heavy atom. The molecule has 114 valence electrons. The van der Waals surface area contributed by atoms with Gasteiger partial charge < -0.3 is 5.11 Å². The maximum absolute atomic E-state index is 8.86. The molecule has 2 rings (SSSR count). The third kappa shape index (κ3) is 4.33. The van der Waals surface area contributed by atoms with Crippen LogP contribution in [0.2, 0.25) is 0 Å². The summed E-state index contributed by atoms with van der Waals surface area (Å²) in [4.78, 5) is 2.59. The van der Waals surface area contributed by atoms with Gasteiger partial charge >= 0.3 is 0 Å². The lowest BCUT2D eigenvalue weighted by Crippen LogP contribution is -2.45. The summed E-state index contributed by atoms with van der Waals surface area (Å²) in [5.41, 5.74) is 2.40. The second kappa shape index (κ2) is 7.64. The molecule has 1 aromatic rings. The maximum Gasteiger partial charge on any atom is 0.0540 e. The highest BCUT2D eigenvalue weighted by molar-refractivity contribution is 5.41. The summed E-state index contributed by atoms with van der Waals surface area (Å²) in [5.74, 6) is 7.76. The third-order valence-electron chi connectivity index (χ3n) is 4.57. The molecule has 1 saturated heterocycles. The van der Waals surface area contributed by atoms with Crippen LogP contribution in [-0.2, 0) is 6.54 Å². The fraction of sp³-hybridized carbons (Fsp3) is 0.579. The fourth-order valence-electron chi connectivity index (χ4n) is 3.25. The highest BCUT2D eigenvalue weighted by Gasteiger charge is 2.28. The fourth-order valence-corrected chi connectivity index (χ4v) is 3.25. The Hall–Kier alpha value is -1.30. The molecule has 0 aliphatic carbocycles. The molecule has 0 bridgehead atoms. The van der Waals surface area contributed by atoms with E-state index in [1.165, 1.54) is 18.5 Å². The van der Waals surface area contributed by atoms with Crippen LogP contribution < -0.4 is 0 Å². The lowest BCUT2D eigenvalue weighted by molar-refractivity contribution is 0.0729. The van der Waals surface area contributed by atoms with Gasteiger partial charge in [-0.25, -0.2) is 0 Å². The largest absolute Gasteiger partial charge is 0.395 e. The molecule has 1 aliphatic heterocycles. The van der Waals surface area contributed by atoms with E-state index in [9.17, 15) is 0 Å². The van der Waals surface area contributed by atoms with Crippen LogP contribution in [0.15, 0.2) is 24.3 Å². The first-order chi connectivity index (χ1) is 10.1. The molecule has 0 amide bonds. The molecule has 1 N–H and O–H groups in total. The van der Waals surface area contributed by atoms with Gasteiger partial charge in [-0.05, 0) is 36.8 Å². The van der Waals surface area contributed by atoms with Crippen LogP contribution in [-0.4, -0.2) is 29.2 Å². The van der Waals surface area contributed by atoms with E-state index in [2.05, 4.69) is 55.7 Å². The van der Waals surface area contributed by atoms with Gasteiger partial charge in [0.25, 0.3) is 0 Å². The van der Waals surface area contributed by atoms with Gasteiger partial charge in [-0.2, -0.15) is 0 Å². The first kappa shape index (κ1) is 16.1. The highest BCUT2D eigenvalue weighted by Crippen LogP contribution is 2.28. The molecule has 0 spiro atoms. The van der Waals surface area contributed by atoms with Crippen molar-refractivity contribution >= 4 is 0 Å². The van der Waals surface area contributed by atoms with Crippen molar-refractivity contribution in [3.8, 4) is 11.8 Å². The Bertz CT molecular complexity index is 514. The number of likely N-dealkylation sites (tertiary alicyclic amines) is 1. The SMILES string of the molecule is CC1CC(C)C(C)N(Cc2ccccc2C#CCCO)C1. The van der Waals surface area contributed by atoms with Crippen LogP contribution in [0.1, 0.15) is 44.7 Å². The zero-order chi connectivity index (χ0) is 15.2. The summed E-state index contributed by atoms with van der Waals surface area (Å²) in [5, 5.41) is 8.86. The van der Waals surface area contributed by atoms with E-state index in [0.717, 1.165) is 23.9 Å².